The molecule has 0 bridgehead atoms. The lowest BCUT2D eigenvalue weighted by Gasteiger charge is -2.10. The fourth-order valence-electron chi connectivity index (χ4n) is 2.24. The molecule has 2 rings (SSSR count). The maximum atomic E-state index is 11.1. The summed E-state index contributed by atoms with van der Waals surface area (Å²) in [5, 5.41) is 5.97. The van der Waals surface area contributed by atoms with E-state index < -0.39 is 0 Å². The molecule has 110 valence electrons. The fourth-order valence-corrected chi connectivity index (χ4v) is 2.24. The van der Waals surface area contributed by atoms with Gasteiger partial charge < -0.3 is 20.1 Å². The third-order valence-electron chi connectivity index (χ3n) is 3.31. The Morgan fingerprint density at radius 2 is 2.35 bits per heavy atom. The van der Waals surface area contributed by atoms with E-state index in [0.29, 0.717) is 26.1 Å². The van der Waals surface area contributed by atoms with Crippen LogP contribution in [0.2, 0.25) is 0 Å². The molecule has 0 spiro atoms. The second kappa shape index (κ2) is 7.14. The molecule has 1 heterocycles. The zero-order valence-corrected chi connectivity index (χ0v) is 12.1. The molecule has 1 aromatic carbocycles. The van der Waals surface area contributed by atoms with Crippen LogP contribution in [0.3, 0.4) is 0 Å². The molecular formula is C15H22N2O3. The van der Waals surface area contributed by atoms with Crippen LogP contribution in [0.1, 0.15) is 31.4 Å². The predicted octanol–water partition coefficient (Wildman–Crippen LogP) is 1.63. The Kier molecular flexibility index (Phi) is 5.24. The number of fused-ring (bicyclic) bond motifs is 1. The van der Waals surface area contributed by atoms with Crippen LogP contribution in [0.25, 0.3) is 0 Å². The molecule has 0 fully saturated rings. The van der Waals surface area contributed by atoms with E-state index in [-0.39, 0.29) is 11.9 Å². The number of ether oxygens (including phenoxy) is 2. The average molecular weight is 278 g/mol. The molecule has 1 aromatic rings. The highest BCUT2D eigenvalue weighted by molar-refractivity contribution is 5.75. The quantitative estimate of drug-likeness (QED) is 0.744. The number of benzene rings is 1. The third kappa shape index (κ3) is 3.63. The van der Waals surface area contributed by atoms with Crippen molar-refractivity contribution in [1.82, 2.24) is 10.6 Å². The molecule has 0 saturated carbocycles. The van der Waals surface area contributed by atoms with E-state index in [1.54, 1.807) is 7.05 Å². The summed E-state index contributed by atoms with van der Waals surface area (Å²) < 4.78 is 11.3. The maximum absolute atomic E-state index is 11.1. The normalized spacial score (nSPS) is 16.4. The first kappa shape index (κ1) is 14.7. The lowest BCUT2D eigenvalue weighted by Crippen LogP contribution is -2.21. The third-order valence-corrected chi connectivity index (χ3v) is 3.31. The molecule has 0 aromatic heterocycles. The van der Waals surface area contributed by atoms with Crippen LogP contribution in [0.15, 0.2) is 18.2 Å². The molecule has 1 aliphatic heterocycles. The van der Waals surface area contributed by atoms with Gasteiger partial charge in [-0.2, -0.15) is 0 Å². The smallest absolute Gasteiger partial charge is 0.219 e. The van der Waals surface area contributed by atoms with Crippen LogP contribution < -0.4 is 20.1 Å². The molecule has 0 aliphatic carbocycles. The van der Waals surface area contributed by atoms with E-state index in [4.69, 9.17) is 9.47 Å². The first-order chi connectivity index (χ1) is 9.74. The molecule has 1 unspecified atom stereocenters. The second-order valence-corrected chi connectivity index (χ2v) is 4.75. The number of nitrogens with one attached hydrogen (secondary N) is 2. The minimum absolute atomic E-state index is 0.0411. The van der Waals surface area contributed by atoms with Gasteiger partial charge in [-0.15, -0.1) is 0 Å². The number of likely N-dealkylation sites (N-methyl/N-ethyl adjacent to an activating group) is 1. The van der Waals surface area contributed by atoms with Gasteiger partial charge in [0.2, 0.25) is 5.91 Å². The number of amides is 1. The van der Waals surface area contributed by atoms with Crippen LogP contribution >= 0.6 is 0 Å². The lowest BCUT2D eigenvalue weighted by molar-refractivity contribution is -0.120. The van der Waals surface area contributed by atoms with Gasteiger partial charge >= 0.3 is 0 Å². The second-order valence-electron chi connectivity index (χ2n) is 4.75. The van der Waals surface area contributed by atoms with Crippen molar-refractivity contribution in [2.75, 3.05) is 26.8 Å². The lowest BCUT2D eigenvalue weighted by atomic mass is 10.1. The molecule has 5 nitrogen and oxygen atoms in total. The number of carbonyl (C=O) groups is 1. The van der Waals surface area contributed by atoms with Crippen molar-refractivity contribution < 1.29 is 14.3 Å². The largest absolute Gasteiger partial charge is 0.493 e. The van der Waals surface area contributed by atoms with Crippen LogP contribution in [0.4, 0.5) is 0 Å². The van der Waals surface area contributed by atoms with Crippen molar-refractivity contribution in [1.29, 1.82) is 0 Å². The topological polar surface area (TPSA) is 59.6 Å². The summed E-state index contributed by atoms with van der Waals surface area (Å²) in [7, 11) is 1.64. The highest BCUT2D eigenvalue weighted by atomic mass is 16.5. The highest BCUT2D eigenvalue weighted by Gasteiger charge is 2.23. The van der Waals surface area contributed by atoms with Crippen molar-refractivity contribution >= 4 is 5.91 Å². The van der Waals surface area contributed by atoms with Crippen LogP contribution in [-0.2, 0) is 4.79 Å². The zero-order chi connectivity index (χ0) is 14.4. The van der Waals surface area contributed by atoms with Crippen molar-refractivity contribution in [3.8, 4) is 11.5 Å². The van der Waals surface area contributed by atoms with Gasteiger partial charge in [0.25, 0.3) is 0 Å². The Labute approximate surface area is 119 Å². The van der Waals surface area contributed by atoms with Crippen molar-refractivity contribution in [3.05, 3.63) is 23.8 Å². The van der Waals surface area contributed by atoms with Crippen LogP contribution in [-0.4, -0.2) is 32.7 Å². The number of hydrogen-bond acceptors (Lipinski definition) is 4. The number of carbonyl (C=O) groups excluding carboxylic acids is 1. The summed E-state index contributed by atoms with van der Waals surface area (Å²) in [5.74, 6) is 1.72. The van der Waals surface area contributed by atoms with Crippen LogP contribution in [0, 0.1) is 0 Å². The van der Waals surface area contributed by atoms with Gasteiger partial charge in [-0.05, 0) is 25.1 Å². The van der Waals surface area contributed by atoms with Gasteiger partial charge in [-0.25, -0.2) is 0 Å². The summed E-state index contributed by atoms with van der Waals surface area (Å²) in [6.45, 7) is 4.21. The Hall–Kier alpha value is -1.75. The monoisotopic (exact) mass is 278 g/mol. The summed E-state index contributed by atoms with van der Waals surface area (Å²) in [5.41, 5.74) is 1.18. The van der Waals surface area contributed by atoms with E-state index >= 15 is 0 Å². The Morgan fingerprint density at radius 1 is 1.50 bits per heavy atom. The first-order valence-corrected chi connectivity index (χ1v) is 7.08. The Morgan fingerprint density at radius 3 is 3.10 bits per heavy atom. The van der Waals surface area contributed by atoms with E-state index in [0.717, 1.165) is 18.0 Å². The molecule has 1 atom stereocenters. The molecule has 20 heavy (non-hydrogen) atoms. The molecular weight excluding hydrogens is 256 g/mol. The fraction of sp³-hybridized carbons (Fsp3) is 0.533. The zero-order valence-electron chi connectivity index (χ0n) is 12.1. The molecule has 5 heteroatoms. The average Bonchev–Trinajstić information content (AvgIpc) is 2.86. The minimum atomic E-state index is 0.0411. The summed E-state index contributed by atoms with van der Waals surface area (Å²) in [4.78, 5) is 11.1. The Bertz CT molecular complexity index is 462. The first-order valence-electron chi connectivity index (χ1n) is 7.08. The van der Waals surface area contributed by atoms with E-state index in [1.807, 2.05) is 18.2 Å². The Balaban J connectivity index is 1.84. The van der Waals surface area contributed by atoms with Crippen molar-refractivity contribution in [2.45, 2.75) is 25.8 Å². The van der Waals surface area contributed by atoms with Gasteiger partial charge in [0.1, 0.15) is 18.1 Å². The molecule has 0 saturated heterocycles. The number of rotatable bonds is 7. The molecule has 1 amide bonds. The highest BCUT2D eigenvalue weighted by Crippen LogP contribution is 2.35. The van der Waals surface area contributed by atoms with Crippen molar-refractivity contribution in [2.24, 2.45) is 0 Å². The minimum Gasteiger partial charge on any atom is -0.493 e. The van der Waals surface area contributed by atoms with Crippen LogP contribution in [0.5, 0.6) is 11.5 Å². The SMILES string of the molecule is CCNC1COc2cc(OCCCC(=O)NC)ccc21. The standard InChI is InChI=1S/C15H22N2O3/c1-3-17-13-10-20-14-9-11(6-7-12(13)14)19-8-4-5-15(18)16-2/h6-7,9,13,17H,3-5,8,10H2,1-2H3,(H,16,18). The van der Waals surface area contributed by atoms with Crippen molar-refractivity contribution in [3.63, 3.8) is 0 Å². The maximum Gasteiger partial charge on any atom is 0.219 e. The van der Waals surface area contributed by atoms with E-state index in [2.05, 4.69) is 17.6 Å². The van der Waals surface area contributed by atoms with E-state index in [1.165, 1.54) is 5.56 Å². The number of hydrogen-bond donors (Lipinski definition) is 2. The molecule has 2 N–H and O–H groups in total. The molecule has 1 aliphatic rings. The van der Waals surface area contributed by atoms with Gasteiger partial charge in [0.15, 0.2) is 0 Å². The van der Waals surface area contributed by atoms with E-state index in [9.17, 15) is 4.79 Å². The predicted molar refractivity (Wildman–Crippen MR) is 77.2 cm³/mol. The van der Waals surface area contributed by atoms with Gasteiger partial charge in [0, 0.05) is 25.1 Å². The molecule has 0 radical (unpaired) electrons. The summed E-state index contributed by atoms with van der Waals surface area (Å²) in [6.07, 6.45) is 1.19. The van der Waals surface area contributed by atoms with Gasteiger partial charge in [-0.3, -0.25) is 4.79 Å². The van der Waals surface area contributed by atoms with Gasteiger partial charge in [0.05, 0.1) is 12.6 Å². The van der Waals surface area contributed by atoms with Gasteiger partial charge in [-0.1, -0.05) is 6.92 Å². The summed E-state index contributed by atoms with van der Waals surface area (Å²) in [6, 6.07) is 6.20. The summed E-state index contributed by atoms with van der Waals surface area (Å²) >= 11 is 0.